The van der Waals surface area contributed by atoms with Crippen molar-refractivity contribution in [2.24, 2.45) is 0 Å². The Morgan fingerprint density at radius 2 is 2.06 bits per heavy atom. The largest absolute Gasteiger partial charge is 0.472 e. The molecule has 2 aromatic heterocycles. The highest BCUT2D eigenvalue weighted by Crippen LogP contribution is 2.29. The summed E-state index contributed by atoms with van der Waals surface area (Å²) in [5, 5.41) is 9.80. The Kier molecular flexibility index (Phi) is 3.38. The third kappa shape index (κ3) is 2.89. The second kappa shape index (κ2) is 4.81. The van der Waals surface area contributed by atoms with E-state index in [2.05, 4.69) is 4.98 Å². The zero-order valence-electron chi connectivity index (χ0n) is 9.19. The van der Waals surface area contributed by atoms with Gasteiger partial charge in [0.2, 0.25) is 0 Å². The lowest BCUT2D eigenvalue weighted by molar-refractivity contribution is -0.137. The minimum absolute atomic E-state index is 0.198. The number of nitrogens with zero attached hydrogens (tertiary/aromatic N) is 1. The summed E-state index contributed by atoms with van der Waals surface area (Å²) in [6.07, 6.45) is -1.48. The molecule has 2 aromatic rings. The van der Waals surface area contributed by atoms with Crippen LogP contribution in [0.4, 0.5) is 13.2 Å². The molecule has 2 heterocycles. The van der Waals surface area contributed by atoms with E-state index < -0.39 is 17.8 Å². The van der Waals surface area contributed by atoms with Gasteiger partial charge in [-0.1, -0.05) is 0 Å². The molecule has 0 saturated carbocycles. The molecule has 2 rings (SSSR count). The summed E-state index contributed by atoms with van der Waals surface area (Å²) in [6.45, 7) is 0. The fraction of sp³-hybridized carbons (Fsp3) is 0.250. The van der Waals surface area contributed by atoms with E-state index in [4.69, 9.17) is 4.42 Å². The topological polar surface area (TPSA) is 46.3 Å². The first kappa shape index (κ1) is 12.6. The van der Waals surface area contributed by atoms with E-state index in [-0.39, 0.29) is 12.1 Å². The summed E-state index contributed by atoms with van der Waals surface area (Å²) in [7, 11) is 0. The number of alkyl halides is 3. The van der Waals surface area contributed by atoms with Gasteiger partial charge in [-0.3, -0.25) is 4.98 Å². The SMILES string of the molecule is OC(Cc1ccoc1)c1ccc(C(F)(F)F)cn1. The van der Waals surface area contributed by atoms with Gasteiger partial charge in [0.05, 0.1) is 23.8 Å². The fourth-order valence-corrected chi connectivity index (χ4v) is 1.51. The number of rotatable bonds is 3. The van der Waals surface area contributed by atoms with Crippen LogP contribution >= 0.6 is 0 Å². The molecule has 0 amide bonds. The molecule has 0 fully saturated rings. The Balaban J connectivity index is 2.10. The standard InChI is InChI=1S/C12H10F3NO2/c13-12(14,15)9-1-2-10(16-6-9)11(17)5-8-3-4-18-7-8/h1-4,6-7,11,17H,5H2. The predicted molar refractivity (Wildman–Crippen MR) is 56.6 cm³/mol. The van der Waals surface area contributed by atoms with Crippen LogP contribution in [0.3, 0.4) is 0 Å². The minimum Gasteiger partial charge on any atom is -0.472 e. The number of hydrogen-bond donors (Lipinski definition) is 1. The summed E-state index contributed by atoms with van der Waals surface area (Å²) in [4.78, 5) is 3.62. The van der Waals surface area contributed by atoms with Crippen molar-refractivity contribution in [1.29, 1.82) is 0 Å². The highest BCUT2D eigenvalue weighted by molar-refractivity contribution is 5.19. The Bertz CT molecular complexity index is 491. The van der Waals surface area contributed by atoms with Gasteiger partial charge in [0.15, 0.2) is 0 Å². The minimum atomic E-state index is -4.42. The first-order valence-electron chi connectivity index (χ1n) is 5.19. The van der Waals surface area contributed by atoms with Crippen LogP contribution in [-0.4, -0.2) is 10.1 Å². The second-order valence-corrected chi connectivity index (χ2v) is 3.82. The maximum Gasteiger partial charge on any atom is 0.417 e. The van der Waals surface area contributed by atoms with Crippen molar-refractivity contribution in [3.8, 4) is 0 Å². The zero-order chi connectivity index (χ0) is 13.2. The molecule has 1 unspecified atom stereocenters. The lowest BCUT2D eigenvalue weighted by Gasteiger charge is -2.10. The summed E-state index contributed by atoms with van der Waals surface area (Å²) in [6, 6.07) is 3.75. The lowest BCUT2D eigenvalue weighted by Crippen LogP contribution is -2.08. The molecule has 0 aromatic carbocycles. The molecule has 96 valence electrons. The van der Waals surface area contributed by atoms with Crippen LogP contribution < -0.4 is 0 Å². The highest BCUT2D eigenvalue weighted by Gasteiger charge is 2.30. The Morgan fingerprint density at radius 1 is 1.28 bits per heavy atom. The Morgan fingerprint density at radius 3 is 2.56 bits per heavy atom. The Labute approximate surface area is 101 Å². The van der Waals surface area contributed by atoms with Crippen molar-refractivity contribution >= 4 is 0 Å². The van der Waals surface area contributed by atoms with Crippen molar-refractivity contribution in [2.45, 2.75) is 18.7 Å². The van der Waals surface area contributed by atoms with Gasteiger partial charge in [0, 0.05) is 12.6 Å². The zero-order valence-corrected chi connectivity index (χ0v) is 9.19. The number of halogens is 3. The van der Waals surface area contributed by atoms with E-state index in [0.717, 1.165) is 11.6 Å². The van der Waals surface area contributed by atoms with Crippen LogP contribution in [0.2, 0.25) is 0 Å². The van der Waals surface area contributed by atoms with Crippen LogP contribution in [0, 0.1) is 0 Å². The predicted octanol–water partition coefficient (Wildman–Crippen LogP) is 2.97. The van der Waals surface area contributed by atoms with E-state index in [1.165, 1.54) is 18.6 Å². The van der Waals surface area contributed by atoms with Crippen molar-refractivity contribution in [3.63, 3.8) is 0 Å². The maximum atomic E-state index is 12.3. The number of aliphatic hydroxyl groups excluding tert-OH is 1. The molecular weight excluding hydrogens is 247 g/mol. The summed E-state index contributed by atoms with van der Waals surface area (Å²) < 4.78 is 41.8. The molecule has 1 N–H and O–H groups in total. The van der Waals surface area contributed by atoms with Crippen LogP contribution in [-0.2, 0) is 12.6 Å². The van der Waals surface area contributed by atoms with E-state index in [0.29, 0.717) is 6.20 Å². The van der Waals surface area contributed by atoms with Gasteiger partial charge in [0.25, 0.3) is 0 Å². The van der Waals surface area contributed by atoms with Crippen molar-refractivity contribution in [1.82, 2.24) is 4.98 Å². The van der Waals surface area contributed by atoms with Gasteiger partial charge in [-0.25, -0.2) is 0 Å². The average molecular weight is 257 g/mol. The molecule has 0 aliphatic rings. The van der Waals surface area contributed by atoms with Crippen LogP contribution in [0.15, 0.2) is 41.3 Å². The van der Waals surface area contributed by atoms with Crippen LogP contribution in [0.25, 0.3) is 0 Å². The molecule has 0 spiro atoms. The van der Waals surface area contributed by atoms with Crippen molar-refractivity contribution in [3.05, 3.63) is 53.7 Å². The maximum absolute atomic E-state index is 12.3. The van der Waals surface area contributed by atoms with Gasteiger partial charge in [-0.15, -0.1) is 0 Å². The van der Waals surface area contributed by atoms with E-state index in [1.54, 1.807) is 6.07 Å². The average Bonchev–Trinajstić information content (AvgIpc) is 2.81. The molecule has 0 aliphatic carbocycles. The summed E-state index contributed by atoms with van der Waals surface area (Å²) in [5.41, 5.74) is 0.121. The molecule has 6 heteroatoms. The molecule has 1 atom stereocenters. The van der Waals surface area contributed by atoms with Crippen molar-refractivity contribution < 1.29 is 22.7 Å². The van der Waals surface area contributed by atoms with Gasteiger partial charge >= 0.3 is 6.18 Å². The first-order valence-corrected chi connectivity index (χ1v) is 5.19. The van der Waals surface area contributed by atoms with Crippen LogP contribution in [0.1, 0.15) is 22.9 Å². The third-order valence-electron chi connectivity index (χ3n) is 2.46. The number of furan rings is 1. The summed E-state index contributed by atoms with van der Waals surface area (Å²) >= 11 is 0. The molecule has 0 saturated heterocycles. The number of aliphatic hydroxyl groups is 1. The lowest BCUT2D eigenvalue weighted by atomic mass is 10.1. The van der Waals surface area contributed by atoms with E-state index >= 15 is 0 Å². The van der Waals surface area contributed by atoms with Gasteiger partial charge in [-0.05, 0) is 23.8 Å². The number of hydrogen-bond acceptors (Lipinski definition) is 3. The monoisotopic (exact) mass is 257 g/mol. The molecule has 3 nitrogen and oxygen atoms in total. The molecular formula is C12H10F3NO2. The first-order chi connectivity index (χ1) is 8.47. The summed E-state index contributed by atoms with van der Waals surface area (Å²) in [5.74, 6) is 0. The van der Waals surface area contributed by atoms with Gasteiger partial charge < -0.3 is 9.52 Å². The van der Waals surface area contributed by atoms with Crippen molar-refractivity contribution in [2.75, 3.05) is 0 Å². The molecule has 0 bridgehead atoms. The fourth-order valence-electron chi connectivity index (χ4n) is 1.51. The van der Waals surface area contributed by atoms with Gasteiger partial charge in [-0.2, -0.15) is 13.2 Å². The van der Waals surface area contributed by atoms with E-state index in [1.807, 2.05) is 0 Å². The van der Waals surface area contributed by atoms with E-state index in [9.17, 15) is 18.3 Å². The number of aromatic nitrogens is 1. The smallest absolute Gasteiger partial charge is 0.417 e. The second-order valence-electron chi connectivity index (χ2n) is 3.82. The Hall–Kier alpha value is -1.82. The van der Waals surface area contributed by atoms with Crippen LogP contribution in [0.5, 0.6) is 0 Å². The normalized spacial score (nSPS) is 13.6. The van der Waals surface area contributed by atoms with Gasteiger partial charge in [0.1, 0.15) is 6.10 Å². The highest BCUT2D eigenvalue weighted by atomic mass is 19.4. The quantitative estimate of drug-likeness (QED) is 0.919. The molecule has 18 heavy (non-hydrogen) atoms. The third-order valence-corrected chi connectivity index (χ3v) is 2.46. The number of pyridine rings is 1. The molecule has 0 aliphatic heterocycles. The molecule has 0 radical (unpaired) electrons.